The van der Waals surface area contributed by atoms with Crippen LogP contribution in [0.5, 0.6) is 0 Å². The zero-order valence-corrected chi connectivity index (χ0v) is 8.69. The third-order valence-corrected chi connectivity index (χ3v) is 3.43. The van der Waals surface area contributed by atoms with Gasteiger partial charge in [0.2, 0.25) is 0 Å². The Morgan fingerprint density at radius 3 is 3.08 bits per heavy atom. The molecule has 12 heavy (non-hydrogen) atoms. The van der Waals surface area contributed by atoms with Gasteiger partial charge < -0.3 is 0 Å². The largest absolute Gasteiger partial charge is 0.300 e. The third kappa shape index (κ3) is 3.15. The van der Waals surface area contributed by atoms with E-state index in [1.165, 1.54) is 18.6 Å². The molecular weight excluding hydrogens is 170 g/mol. The Morgan fingerprint density at radius 2 is 2.42 bits per heavy atom. The van der Waals surface area contributed by atoms with E-state index in [1.54, 1.807) is 6.92 Å². The van der Waals surface area contributed by atoms with E-state index in [4.69, 9.17) is 0 Å². The number of Topliss-reactive ketones (excluding diaryl/α,β-unsaturated/α-hetero) is 1. The molecule has 0 aliphatic carbocycles. The number of ketones is 1. The third-order valence-electron chi connectivity index (χ3n) is 2.27. The molecule has 3 heteroatoms. The summed E-state index contributed by atoms with van der Waals surface area (Å²) in [6.07, 6.45) is 3.17. The summed E-state index contributed by atoms with van der Waals surface area (Å²) in [6.45, 7) is 1.69. The molecule has 1 unspecified atom stereocenters. The Labute approximate surface area is 78.7 Å². The van der Waals surface area contributed by atoms with E-state index < -0.39 is 0 Å². The van der Waals surface area contributed by atoms with E-state index in [0.29, 0.717) is 11.8 Å². The Kier molecular flexibility index (Phi) is 4.09. The Balaban J connectivity index is 2.41. The van der Waals surface area contributed by atoms with Crippen LogP contribution in [0.15, 0.2) is 0 Å². The van der Waals surface area contributed by atoms with Crippen molar-refractivity contribution in [3.05, 3.63) is 0 Å². The molecule has 0 aromatic heterocycles. The highest BCUT2D eigenvalue weighted by Crippen LogP contribution is 2.19. The van der Waals surface area contributed by atoms with Crippen molar-refractivity contribution in [3.63, 3.8) is 0 Å². The number of nitrogens with zero attached hydrogens (tertiary/aromatic N) is 1. The van der Waals surface area contributed by atoms with E-state index in [0.717, 1.165) is 12.3 Å². The fourth-order valence-corrected chi connectivity index (χ4v) is 2.54. The molecule has 70 valence electrons. The normalized spacial score (nSPS) is 26.7. The van der Waals surface area contributed by atoms with E-state index in [1.807, 2.05) is 11.8 Å². The number of rotatable bonds is 2. The first-order valence-corrected chi connectivity index (χ1v) is 5.63. The van der Waals surface area contributed by atoms with Crippen molar-refractivity contribution in [1.82, 2.24) is 4.90 Å². The minimum absolute atomic E-state index is 0.318. The van der Waals surface area contributed by atoms with Crippen LogP contribution in [0.4, 0.5) is 0 Å². The van der Waals surface area contributed by atoms with Gasteiger partial charge in [0, 0.05) is 18.3 Å². The summed E-state index contributed by atoms with van der Waals surface area (Å²) in [4.78, 5) is 13.2. The van der Waals surface area contributed by atoms with Crippen molar-refractivity contribution in [1.29, 1.82) is 0 Å². The maximum Gasteiger partial charge on any atom is 0.131 e. The smallest absolute Gasteiger partial charge is 0.131 e. The number of hydrogen-bond acceptors (Lipinski definition) is 3. The molecule has 0 bridgehead atoms. The number of hydrogen-bond donors (Lipinski definition) is 0. The number of carbonyl (C=O) groups excluding carboxylic acids is 1. The van der Waals surface area contributed by atoms with Crippen LogP contribution in [-0.2, 0) is 4.79 Å². The number of thioether (sulfide) groups is 1. The average molecular weight is 187 g/mol. The van der Waals surface area contributed by atoms with Crippen LogP contribution >= 0.6 is 11.8 Å². The molecule has 1 atom stereocenters. The summed E-state index contributed by atoms with van der Waals surface area (Å²) in [5.41, 5.74) is 0. The van der Waals surface area contributed by atoms with Crippen LogP contribution in [0.25, 0.3) is 0 Å². The van der Waals surface area contributed by atoms with Gasteiger partial charge in [-0.3, -0.25) is 9.69 Å². The van der Waals surface area contributed by atoms with Gasteiger partial charge in [-0.1, -0.05) is 0 Å². The molecule has 0 amide bonds. The van der Waals surface area contributed by atoms with E-state index in [2.05, 4.69) is 11.9 Å². The summed E-state index contributed by atoms with van der Waals surface area (Å²) in [5, 5.41) is 0. The lowest BCUT2D eigenvalue weighted by atomic mass is 10.1. The van der Waals surface area contributed by atoms with Gasteiger partial charge in [0.15, 0.2) is 0 Å². The summed E-state index contributed by atoms with van der Waals surface area (Å²) in [5.74, 6) is 2.65. The topological polar surface area (TPSA) is 20.3 Å². The van der Waals surface area contributed by atoms with Crippen molar-refractivity contribution < 1.29 is 4.79 Å². The molecule has 1 fully saturated rings. The lowest BCUT2D eigenvalue weighted by Gasteiger charge is -2.23. The van der Waals surface area contributed by atoms with Gasteiger partial charge in [-0.25, -0.2) is 0 Å². The van der Waals surface area contributed by atoms with Gasteiger partial charge in [-0.15, -0.1) is 11.8 Å². The van der Waals surface area contributed by atoms with Crippen molar-refractivity contribution in [3.8, 4) is 0 Å². The molecule has 1 saturated heterocycles. The Hall–Kier alpha value is -0.0200. The van der Waals surface area contributed by atoms with Crippen molar-refractivity contribution in [2.75, 3.05) is 18.7 Å². The minimum atomic E-state index is 0.318. The average Bonchev–Trinajstić information content (AvgIpc) is 2.16. The maximum absolute atomic E-state index is 10.9. The molecule has 1 heterocycles. The van der Waals surface area contributed by atoms with E-state index in [-0.39, 0.29) is 0 Å². The Bertz CT molecular complexity index is 161. The molecule has 0 aromatic carbocycles. The SMILES string of the molecule is CC(=O)CC1CCCSCN1C. The van der Waals surface area contributed by atoms with Gasteiger partial charge in [-0.05, 0) is 32.6 Å². The second kappa shape index (κ2) is 4.87. The molecule has 0 saturated carbocycles. The lowest BCUT2D eigenvalue weighted by Crippen LogP contribution is -2.31. The van der Waals surface area contributed by atoms with Crippen molar-refractivity contribution in [2.45, 2.75) is 32.2 Å². The predicted octanol–water partition coefficient (Wildman–Crippen LogP) is 1.75. The van der Waals surface area contributed by atoms with Crippen LogP contribution in [0.2, 0.25) is 0 Å². The summed E-state index contributed by atoms with van der Waals surface area (Å²) < 4.78 is 0. The predicted molar refractivity (Wildman–Crippen MR) is 53.4 cm³/mol. The minimum Gasteiger partial charge on any atom is -0.300 e. The van der Waals surface area contributed by atoms with Crippen molar-refractivity contribution >= 4 is 17.5 Å². The first-order chi connectivity index (χ1) is 5.70. The highest BCUT2D eigenvalue weighted by Gasteiger charge is 2.18. The molecule has 1 aliphatic heterocycles. The first-order valence-electron chi connectivity index (χ1n) is 4.47. The number of carbonyl (C=O) groups is 1. The molecule has 2 nitrogen and oxygen atoms in total. The molecule has 1 aliphatic rings. The molecule has 0 N–H and O–H groups in total. The maximum atomic E-state index is 10.9. The highest BCUT2D eigenvalue weighted by molar-refractivity contribution is 7.99. The van der Waals surface area contributed by atoms with Gasteiger partial charge in [0.25, 0.3) is 0 Å². The van der Waals surface area contributed by atoms with E-state index >= 15 is 0 Å². The van der Waals surface area contributed by atoms with Gasteiger partial charge in [-0.2, -0.15) is 0 Å². The second-order valence-electron chi connectivity index (χ2n) is 3.50. The molecule has 1 rings (SSSR count). The molecule has 0 spiro atoms. The van der Waals surface area contributed by atoms with Crippen LogP contribution in [0.1, 0.15) is 26.2 Å². The quantitative estimate of drug-likeness (QED) is 0.657. The fraction of sp³-hybridized carbons (Fsp3) is 0.889. The zero-order valence-electron chi connectivity index (χ0n) is 7.88. The van der Waals surface area contributed by atoms with Gasteiger partial charge >= 0.3 is 0 Å². The lowest BCUT2D eigenvalue weighted by molar-refractivity contribution is -0.118. The summed E-state index contributed by atoms with van der Waals surface area (Å²) in [6, 6.07) is 0.498. The first kappa shape index (κ1) is 10.1. The zero-order chi connectivity index (χ0) is 8.97. The van der Waals surface area contributed by atoms with Crippen LogP contribution in [-0.4, -0.2) is 35.4 Å². The van der Waals surface area contributed by atoms with Crippen LogP contribution in [0, 0.1) is 0 Å². The summed E-state index contributed by atoms with van der Waals surface area (Å²) in [7, 11) is 2.12. The van der Waals surface area contributed by atoms with Crippen LogP contribution < -0.4 is 0 Å². The Morgan fingerprint density at radius 1 is 1.67 bits per heavy atom. The molecule has 0 aromatic rings. The van der Waals surface area contributed by atoms with Gasteiger partial charge in [0.05, 0.1) is 0 Å². The van der Waals surface area contributed by atoms with Crippen molar-refractivity contribution in [2.24, 2.45) is 0 Å². The van der Waals surface area contributed by atoms with Gasteiger partial charge in [0.1, 0.15) is 5.78 Å². The monoisotopic (exact) mass is 187 g/mol. The second-order valence-corrected chi connectivity index (χ2v) is 4.57. The molecular formula is C9H17NOS. The van der Waals surface area contributed by atoms with Crippen LogP contribution in [0.3, 0.4) is 0 Å². The highest BCUT2D eigenvalue weighted by atomic mass is 32.2. The summed E-state index contributed by atoms with van der Waals surface area (Å²) >= 11 is 1.97. The molecule has 0 radical (unpaired) electrons. The van der Waals surface area contributed by atoms with E-state index in [9.17, 15) is 4.79 Å². The standard InChI is InChI=1S/C9H17NOS/c1-8(11)6-9-4-3-5-12-7-10(9)2/h9H,3-7H2,1-2H3. The fourth-order valence-electron chi connectivity index (χ4n) is 1.55.